The molecule has 1 amide bonds. The molecule has 0 unspecified atom stereocenters. The van der Waals surface area contributed by atoms with Gasteiger partial charge in [-0.1, -0.05) is 12.1 Å². The Morgan fingerprint density at radius 3 is 2.67 bits per heavy atom. The minimum atomic E-state index is -0.230. The number of hydrogen-bond donors (Lipinski definition) is 0. The number of carbonyl (C=O) groups excluding carboxylic acids is 1. The van der Waals surface area contributed by atoms with Crippen LogP contribution in [0.2, 0.25) is 0 Å². The molecule has 0 bridgehead atoms. The van der Waals surface area contributed by atoms with Crippen molar-refractivity contribution >= 4 is 16.7 Å². The number of fused-ring (bicyclic) bond motifs is 1. The summed E-state index contributed by atoms with van der Waals surface area (Å²) in [7, 11) is 5.18. The van der Waals surface area contributed by atoms with E-state index in [0.717, 1.165) is 22.1 Å². The summed E-state index contributed by atoms with van der Waals surface area (Å²) in [4.78, 5) is 18.4. The van der Waals surface area contributed by atoms with Gasteiger partial charge in [0.15, 0.2) is 12.3 Å². The van der Waals surface area contributed by atoms with Gasteiger partial charge in [-0.25, -0.2) is 4.98 Å². The van der Waals surface area contributed by atoms with Crippen molar-refractivity contribution in [3.63, 3.8) is 0 Å². The second-order valence-corrected chi connectivity index (χ2v) is 6.97. The zero-order valence-corrected chi connectivity index (χ0v) is 17.0. The van der Waals surface area contributed by atoms with Gasteiger partial charge in [-0.15, -0.1) is 0 Å². The van der Waals surface area contributed by atoms with Gasteiger partial charge < -0.3 is 18.8 Å². The van der Waals surface area contributed by atoms with Gasteiger partial charge in [0.2, 0.25) is 5.89 Å². The van der Waals surface area contributed by atoms with Crippen molar-refractivity contribution in [3.8, 4) is 11.5 Å². The Hall–Kier alpha value is -3.81. The normalized spacial score (nSPS) is 10.9. The lowest BCUT2D eigenvalue weighted by atomic mass is 10.1. The molecular formula is C22H22N4O4. The molecule has 8 heteroatoms. The first kappa shape index (κ1) is 19.5. The monoisotopic (exact) mass is 406 g/mol. The largest absolute Gasteiger partial charge is 0.497 e. The number of carbonyl (C=O) groups is 1. The molecule has 4 aromatic rings. The Bertz CT molecular complexity index is 1180. The number of oxazole rings is 1. The Balaban J connectivity index is 1.39. The highest BCUT2D eigenvalue weighted by Gasteiger charge is 2.17. The zero-order valence-electron chi connectivity index (χ0n) is 17.0. The van der Waals surface area contributed by atoms with Crippen molar-refractivity contribution in [1.29, 1.82) is 0 Å². The molecule has 4 rings (SSSR count). The second-order valence-electron chi connectivity index (χ2n) is 6.97. The van der Waals surface area contributed by atoms with Crippen LogP contribution in [0.4, 0.5) is 0 Å². The molecule has 0 atom stereocenters. The van der Waals surface area contributed by atoms with Crippen LogP contribution in [0.3, 0.4) is 0 Å². The topological polar surface area (TPSA) is 82.6 Å². The van der Waals surface area contributed by atoms with Crippen LogP contribution in [-0.2, 0) is 20.2 Å². The fourth-order valence-electron chi connectivity index (χ4n) is 3.13. The first-order chi connectivity index (χ1) is 14.5. The molecule has 8 nitrogen and oxygen atoms in total. The number of nitrogens with zero attached hydrogens (tertiary/aromatic N) is 4. The fourth-order valence-corrected chi connectivity index (χ4v) is 3.13. The van der Waals surface area contributed by atoms with Gasteiger partial charge in [-0.05, 0) is 35.0 Å². The maximum Gasteiger partial charge on any atom is 0.275 e. The minimum Gasteiger partial charge on any atom is -0.497 e. The van der Waals surface area contributed by atoms with Crippen molar-refractivity contribution in [2.75, 3.05) is 14.2 Å². The fraction of sp³-hybridized carbons (Fsp3) is 0.227. The van der Waals surface area contributed by atoms with Crippen molar-refractivity contribution in [2.24, 2.45) is 7.05 Å². The summed E-state index contributed by atoms with van der Waals surface area (Å²) in [6, 6.07) is 11.6. The molecule has 0 saturated heterocycles. The van der Waals surface area contributed by atoms with Crippen LogP contribution in [0.15, 0.2) is 59.5 Å². The quantitative estimate of drug-likeness (QED) is 0.468. The standard InChI is InChI=1S/C22H22N4O4/c1-25(11-15-10-23-26(2)12-15)22(27)20-13-30-21(24-20)14-29-19-7-5-16-4-6-18(28-3)8-17(16)9-19/h4-10,12-13H,11,14H2,1-3H3. The van der Waals surface area contributed by atoms with Crippen LogP contribution >= 0.6 is 0 Å². The maximum atomic E-state index is 12.6. The minimum absolute atomic E-state index is 0.120. The zero-order chi connectivity index (χ0) is 21.1. The number of hydrogen-bond acceptors (Lipinski definition) is 6. The maximum absolute atomic E-state index is 12.6. The van der Waals surface area contributed by atoms with Gasteiger partial charge in [0.05, 0.1) is 13.3 Å². The van der Waals surface area contributed by atoms with E-state index in [0.29, 0.717) is 18.2 Å². The number of aryl methyl sites for hydroxylation is 1. The number of aromatic nitrogens is 3. The molecular weight excluding hydrogens is 384 g/mol. The van der Waals surface area contributed by atoms with E-state index >= 15 is 0 Å². The van der Waals surface area contributed by atoms with Gasteiger partial charge in [0, 0.05) is 32.4 Å². The molecule has 0 aliphatic rings. The first-order valence-electron chi connectivity index (χ1n) is 9.40. The SMILES string of the molecule is COc1ccc2ccc(OCc3nc(C(=O)N(C)Cc4cnn(C)c4)co3)cc2c1. The molecule has 0 aliphatic carbocycles. The number of amides is 1. The van der Waals surface area contributed by atoms with E-state index < -0.39 is 0 Å². The third kappa shape index (κ3) is 4.27. The van der Waals surface area contributed by atoms with Gasteiger partial charge in [-0.3, -0.25) is 9.48 Å². The lowest BCUT2D eigenvalue weighted by molar-refractivity contribution is 0.0779. The summed E-state index contributed by atoms with van der Waals surface area (Å²) < 4.78 is 18.2. The van der Waals surface area contributed by atoms with E-state index in [1.807, 2.05) is 49.6 Å². The predicted octanol–water partition coefficient (Wildman–Crippen LogP) is 3.42. The highest BCUT2D eigenvalue weighted by atomic mass is 16.5. The molecule has 2 aromatic heterocycles. The van der Waals surface area contributed by atoms with E-state index in [1.165, 1.54) is 6.26 Å². The Kier molecular flexibility index (Phi) is 5.38. The number of ether oxygens (including phenoxy) is 2. The molecule has 2 heterocycles. The molecule has 154 valence electrons. The first-order valence-corrected chi connectivity index (χ1v) is 9.40. The van der Waals surface area contributed by atoms with E-state index in [1.54, 1.807) is 29.9 Å². The summed E-state index contributed by atoms with van der Waals surface area (Å²) in [6.07, 6.45) is 4.95. The van der Waals surface area contributed by atoms with Crippen LogP contribution in [0.25, 0.3) is 10.8 Å². The summed E-state index contributed by atoms with van der Waals surface area (Å²) in [5.41, 5.74) is 1.18. The molecule has 0 fully saturated rings. The van der Waals surface area contributed by atoms with Gasteiger partial charge in [-0.2, -0.15) is 5.10 Å². The molecule has 0 N–H and O–H groups in total. The predicted molar refractivity (Wildman–Crippen MR) is 110 cm³/mol. The third-order valence-electron chi connectivity index (χ3n) is 4.68. The number of rotatable bonds is 7. The van der Waals surface area contributed by atoms with Crippen LogP contribution < -0.4 is 9.47 Å². The Labute approximate surface area is 173 Å². The molecule has 0 spiro atoms. The Morgan fingerprint density at radius 2 is 1.93 bits per heavy atom. The van der Waals surface area contributed by atoms with Crippen LogP contribution in [0.1, 0.15) is 21.9 Å². The second kappa shape index (κ2) is 8.28. The van der Waals surface area contributed by atoms with E-state index in [2.05, 4.69) is 10.1 Å². The van der Waals surface area contributed by atoms with E-state index in [9.17, 15) is 4.79 Å². The molecule has 2 aromatic carbocycles. The molecule has 30 heavy (non-hydrogen) atoms. The van der Waals surface area contributed by atoms with Gasteiger partial charge in [0.25, 0.3) is 5.91 Å². The highest BCUT2D eigenvalue weighted by molar-refractivity contribution is 5.91. The lowest BCUT2D eigenvalue weighted by Gasteiger charge is -2.14. The smallest absolute Gasteiger partial charge is 0.275 e. The molecule has 0 saturated carbocycles. The number of methoxy groups -OCH3 is 1. The van der Waals surface area contributed by atoms with E-state index in [-0.39, 0.29) is 18.2 Å². The number of benzene rings is 2. The average molecular weight is 406 g/mol. The summed E-state index contributed by atoms with van der Waals surface area (Å²) in [5, 5.41) is 6.20. The van der Waals surface area contributed by atoms with Gasteiger partial charge in [0.1, 0.15) is 17.8 Å². The van der Waals surface area contributed by atoms with Gasteiger partial charge >= 0.3 is 0 Å². The van der Waals surface area contributed by atoms with E-state index in [4.69, 9.17) is 13.9 Å². The van der Waals surface area contributed by atoms with Crippen molar-refractivity contribution < 1.29 is 18.7 Å². The summed E-state index contributed by atoms with van der Waals surface area (Å²) >= 11 is 0. The van der Waals surface area contributed by atoms with Crippen molar-refractivity contribution in [2.45, 2.75) is 13.2 Å². The third-order valence-corrected chi connectivity index (χ3v) is 4.68. The van der Waals surface area contributed by atoms with Crippen LogP contribution in [-0.4, -0.2) is 39.7 Å². The average Bonchev–Trinajstić information content (AvgIpc) is 3.40. The van der Waals surface area contributed by atoms with Crippen LogP contribution in [0.5, 0.6) is 11.5 Å². The molecule has 0 radical (unpaired) electrons. The van der Waals surface area contributed by atoms with Crippen LogP contribution in [0, 0.1) is 0 Å². The summed E-state index contributed by atoms with van der Waals surface area (Å²) in [5.74, 6) is 1.56. The van der Waals surface area contributed by atoms with Crippen molar-refractivity contribution in [1.82, 2.24) is 19.7 Å². The lowest BCUT2D eigenvalue weighted by Crippen LogP contribution is -2.26. The summed E-state index contributed by atoms with van der Waals surface area (Å²) in [6.45, 7) is 0.557. The highest BCUT2D eigenvalue weighted by Crippen LogP contribution is 2.25. The van der Waals surface area contributed by atoms with Crippen molar-refractivity contribution in [3.05, 3.63) is 72.2 Å². The molecule has 0 aliphatic heterocycles. The Morgan fingerprint density at radius 1 is 1.17 bits per heavy atom.